The molecule has 0 aromatic heterocycles. The zero-order valence-corrected chi connectivity index (χ0v) is 13.6. The SMILES string of the molecule is CCOC(=O)c1cccc(NC(=O)c2ccc(C(C)C)cc2)c1. The van der Waals surface area contributed by atoms with Crippen LogP contribution in [0.3, 0.4) is 0 Å². The van der Waals surface area contributed by atoms with Gasteiger partial charge in [0.25, 0.3) is 5.91 Å². The quantitative estimate of drug-likeness (QED) is 0.840. The normalized spacial score (nSPS) is 10.4. The number of anilines is 1. The lowest BCUT2D eigenvalue weighted by Gasteiger charge is -2.09. The summed E-state index contributed by atoms with van der Waals surface area (Å²) in [5.41, 5.74) is 2.75. The summed E-state index contributed by atoms with van der Waals surface area (Å²) in [6.07, 6.45) is 0. The summed E-state index contributed by atoms with van der Waals surface area (Å²) >= 11 is 0. The summed E-state index contributed by atoms with van der Waals surface area (Å²) in [6, 6.07) is 14.2. The van der Waals surface area contributed by atoms with Crippen molar-refractivity contribution >= 4 is 17.6 Å². The zero-order chi connectivity index (χ0) is 16.8. The van der Waals surface area contributed by atoms with Crippen molar-refractivity contribution in [1.82, 2.24) is 0 Å². The fourth-order valence-electron chi connectivity index (χ4n) is 2.16. The molecule has 0 unspecified atom stereocenters. The largest absolute Gasteiger partial charge is 0.462 e. The van der Waals surface area contributed by atoms with Crippen molar-refractivity contribution in [2.75, 3.05) is 11.9 Å². The Morgan fingerprint density at radius 2 is 1.74 bits per heavy atom. The maximum Gasteiger partial charge on any atom is 0.338 e. The lowest BCUT2D eigenvalue weighted by molar-refractivity contribution is 0.0526. The summed E-state index contributed by atoms with van der Waals surface area (Å²) in [5.74, 6) is -0.181. The third kappa shape index (κ3) is 4.42. The van der Waals surface area contributed by atoms with E-state index in [9.17, 15) is 9.59 Å². The van der Waals surface area contributed by atoms with E-state index in [2.05, 4.69) is 19.2 Å². The second-order valence-electron chi connectivity index (χ2n) is 5.53. The Kier molecular flexibility index (Phi) is 5.52. The Balaban J connectivity index is 2.10. The van der Waals surface area contributed by atoms with Crippen molar-refractivity contribution in [1.29, 1.82) is 0 Å². The molecule has 4 nitrogen and oxygen atoms in total. The van der Waals surface area contributed by atoms with Crippen LogP contribution in [-0.2, 0) is 4.74 Å². The van der Waals surface area contributed by atoms with Crippen molar-refractivity contribution < 1.29 is 14.3 Å². The van der Waals surface area contributed by atoms with Crippen molar-refractivity contribution in [3.05, 3.63) is 65.2 Å². The maximum absolute atomic E-state index is 12.3. The van der Waals surface area contributed by atoms with E-state index < -0.39 is 5.97 Å². The van der Waals surface area contributed by atoms with Gasteiger partial charge in [-0.3, -0.25) is 4.79 Å². The summed E-state index contributed by atoms with van der Waals surface area (Å²) < 4.78 is 4.96. The number of amides is 1. The number of ether oxygens (including phenoxy) is 1. The number of carbonyl (C=O) groups is 2. The molecule has 0 aliphatic carbocycles. The third-order valence-corrected chi connectivity index (χ3v) is 3.47. The Hall–Kier alpha value is -2.62. The van der Waals surface area contributed by atoms with E-state index in [0.29, 0.717) is 29.3 Å². The Morgan fingerprint density at radius 3 is 2.35 bits per heavy atom. The van der Waals surface area contributed by atoms with Gasteiger partial charge in [-0.05, 0) is 48.7 Å². The van der Waals surface area contributed by atoms with E-state index in [-0.39, 0.29) is 5.91 Å². The molecule has 0 spiro atoms. The van der Waals surface area contributed by atoms with Crippen LogP contribution < -0.4 is 5.32 Å². The number of hydrogen-bond donors (Lipinski definition) is 1. The van der Waals surface area contributed by atoms with Crippen molar-refractivity contribution in [3.63, 3.8) is 0 Å². The molecule has 0 saturated carbocycles. The van der Waals surface area contributed by atoms with Gasteiger partial charge >= 0.3 is 5.97 Å². The molecular formula is C19H21NO3. The van der Waals surface area contributed by atoms with Gasteiger partial charge in [-0.15, -0.1) is 0 Å². The van der Waals surface area contributed by atoms with Gasteiger partial charge in [-0.2, -0.15) is 0 Å². The first-order chi connectivity index (χ1) is 11.0. The van der Waals surface area contributed by atoms with Crippen molar-refractivity contribution in [2.24, 2.45) is 0 Å². The molecule has 0 heterocycles. The number of nitrogens with one attached hydrogen (secondary N) is 1. The number of carbonyl (C=O) groups excluding carboxylic acids is 2. The number of benzene rings is 2. The highest BCUT2D eigenvalue weighted by molar-refractivity contribution is 6.04. The molecule has 2 aromatic carbocycles. The molecule has 0 aliphatic rings. The zero-order valence-electron chi connectivity index (χ0n) is 13.6. The standard InChI is InChI=1S/C19H21NO3/c1-4-23-19(22)16-6-5-7-17(12-16)20-18(21)15-10-8-14(9-11-15)13(2)3/h5-13H,4H2,1-3H3,(H,20,21). The average Bonchev–Trinajstić information content (AvgIpc) is 2.55. The predicted octanol–water partition coefficient (Wildman–Crippen LogP) is 4.24. The van der Waals surface area contributed by atoms with Gasteiger partial charge < -0.3 is 10.1 Å². The molecule has 0 radical (unpaired) electrons. The second-order valence-corrected chi connectivity index (χ2v) is 5.53. The predicted molar refractivity (Wildman–Crippen MR) is 90.9 cm³/mol. The molecular weight excluding hydrogens is 290 g/mol. The summed E-state index contributed by atoms with van der Waals surface area (Å²) in [4.78, 5) is 24.0. The lowest BCUT2D eigenvalue weighted by Crippen LogP contribution is -2.13. The summed E-state index contributed by atoms with van der Waals surface area (Å²) in [6.45, 7) is 6.29. The minimum Gasteiger partial charge on any atom is -0.462 e. The smallest absolute Gasteiger partial charge is 0.338 e. The fourth-order valence-corrected chi connectivity index (χ4v) is 2.16. The average molecular weight is 311 g/mol. The molecule has 0 fully saturated rings. The van der Waals surface area contributed by atoms with E-state index in [1.165, 1.54) is 5.56 Å². The Bertz CT molecular complexity index is 690. The Labute approximate surface area is 136 Å². The Morgan fingerprint density at radius 1 is 1.04 bits per heavy atom. The molecule has 23 heavy (non-hydrogen) atoms. The van der Waals surface area contributed by atoms with E-state index in [4.69, 9.17) is 4.74 Å². The van der Waals surface area contributed by atoms with Crippen molar-refractivity contribution in [2.45, 2.75) is 26.7 Å². The van der Waals surface area contributed by atoms with Gasteiger partial charge in [-0.25, -0.2) is 4.79 Å². The van der Waals surface area contributed by atoms with Crippen LogP contribution in [0.15, 0.2) is 48.5 Å². The second kappa shape index (κ2) is 7.58. The topological polar surface area (TPSA) is 55.4 Å². The summed E-state index contributed by atoms with van der Waals surface area (Å²) in [7, 11) is 0. The first kappa shape index (κ1) is 16.7. The highest BCUT2D eigenvalue weighted by Gasteiger charge is 2.10. The first-order valence-corrected chi connectivity index (χ1v) is 7.69. The summed E-state index contributed by atoms with van der Waals surface area (Å²) in [5, 5.41) is 2.80. The molecule has 0 atom stereocenters. The van der Waals surface area contributed by atoms with E-state index in [1.54, 1.807) is 43.3 Å². The van der Waals surface area contributed by atoms with Gasteiger partial charge in [-0.1, -0.05) is 32.0 Å². The minimum atomic E-state index is -0.398. The molecule has 1 N–H and O–H groups in total. The maximum atomic E-state index is 12.3. The van der Waals surface area contributed by atoms with Crippen LogP contribution in [0.25, 0.3) is 0 Å². The van der Waals surface area contributed by atoms with Crippen molar-refractivity contribution in [3.8, 4) is 0 Å². The fraction of sp³-hybridized carbons (Fsp3) is 0.263. The van der Waals surface area contributed by atoms with Gasteiger partial charge in [0.1, 0.15) is 0 Å². The van der Waals surface area contributed by atoms with E-state index >= 15 is 0 Å². The highest BCUT2D eigenvalue weighted by Crippen LogP contribution is 2.17. The third-order valence-electron chi connectivity index (χ3n) is 3.47. The van der Waals surface area contributed by atoms with Gasteiger partial charge in [0.05, 0.1) is 12.2 Å². The van der Waals surface area contributed by atoms with E-state index in [1.807, 2.05) is 12.1 Å². The van der Waals surface area contributed by atoms with Crippen LogP contribution in [-0.4, -0.2) is 18.5 Å². The van der Waals surface area contributed by atoms with Crippen LogP contribution in [0.4, 0.5) is 5.69 Å². The number of esters is 1. The molecule has 4 heteroatoms. The van der Waals surface area contributed by atoms with Gasteiger partial charge in [0.15, 0.2) is 0 Å². The van der Waals surface area contributed by atoms with Gasteiger partial charge in [0.2, 0.25) is 0 Å². The number of rotatable bonds is 5. The molecule has 2 aromatic rings. The molecule has 0 bridgehead atoms. The minimum absolute atomic E-state index is 0.207. The van der Waals surface area contributed by atoms with Crippen LogP contribution in [0.5, 0.6) is 0 Å². The first-order valence-electron chi connectivity index (χ1n) is 7.69. The van der Waals surface area contributed by atoms with Crippen LogP contribution in [0.1, 0.15) is 53.0 Å². The van der Waals surface area contributed by atoms with Crippen LogP contribution >= 0.6 is 0 Å². The van der Waals surface area contributed by atoms with Crippen LogP contribution in [0.2, 0.25) is 0 Å². The van der Waals surface area contributed by atoms with E-state index in [0.717, 1.165) is 0 Å². The molecule has 2 rings (SSSR count). The number of hydrogen-bond acceptors (Lipinski definition) is 3. The molecule has 120 valence electrons. The highest BCUT2D eigenvalue weighted by atomic mass is 16.5. The van der Waals surface area contributed by atoms with Crippen LogP contribution in [0, 0.1) is 0 Å². The molecule has 0 aliphatic heterocycles. The monoisotopic (exact) mass is 311 g/mol. The van der Waals surface area contributed by atoms with Gasteiger partial charge in [0, 0.05) is 11.3 Å². The molecule has 1 amide bonds. The lowest BCUT2D eigenvalue weighted by atomic mass is 10.0. The molecule has 0 saturated heterocycles.